The van der Waals surface area contributed by atoms with Gasteiger partial charge in [-0.05, 0) is 74.0 Å². The van der Waals surface area contributed by atoms with E-state index < -0.39 is 0 Å². The van der Waals surface area contributed by atoms with Crippen LogP contribution in [-0.2, 0) is 0 Å². The van der Waals surface area contributed by atoms with Crippen molar-refractivity contribution in [2.45, 2.75) is 57.8 Å². The third-order valence-electron chi connectivity index (χ3n) is 6.12. The van der Waals surface area contributed by atoms with Gasteiger partial charge in [0, 0.05) is 0 Å². The average molecular weight is 190 g/mol. The van der Waals surface area contributed by atoms with Crippen molar-refractivity contribution in [3.8, 4) is 0 Å². The lowest BCUT2D eigenvalue weighted by Gasteiger charge is -2.63. The molecule has 5 saturated carbocycles. The molecule has 5 fully saturated rings. The highest BCUT2D eigenvalue weighted by Crippen LogP contribution is 2.66. The van der Waals surface area contributed by atoms with Crippen LogP contribution in [0.3, 0.4) is 0 Å². The van der Waals surface area contributed by atoms with Crippen LogP contribution < -0.4 is 0 Å². The van der Waals surface area contributed by atoms with E-state index in [0.29, 0.717) is 0 Å². The van der Waals surface area contributed by atoms with Crippen LogP contribution in [0.15, 0.2) is 0 Å². The van der Waals surface area contributed by atoms with Gasteiger partial charge in [-0.1, -0.05) is 12.8 Å². The molecule has 0 saturated heterocycles. The predicted molar refractivity (Wildman–Crippen MR) is 57.9 cm³/mol. The van der Waals surface area contributed by atoms with Crippen LogP contribution >= 0.6 is 0 Å². The largest absolute Gasteiger partial charge is 0.0530 e. The summed E-state index contributed by atoms with van der Waals surface area (Å²) in [5.41, 5.74) is 0.896. The Labute approximate surface area is 87.5 Å². The fourth-order valence-corrected chi connectivity index (χ4v) is 6.09. The minimum absolute atomic E-state index is 0.896. The summed E-state index contributed by atoms with van der Waals surface area (Å²) in [6.45, 7) is 0. The van der Waals surface area contributed by atoms with Crippen LogP contribution in [0.4, 0.5) is 0 Å². The second kappa shape index (κ2) is 2.57. The van der Waals surface area contributed by atoms with Crippen molar-refractivity contribution in [1.82, 2.24) is 0 Å². The monoisotopic (exact) mass is 190 g/mol. The molecule has 5 rings (SSSR count). The average Bonchev–Trinajstić information content (AvgIpc) is 2.15. The Hall–Kier alpha value is 0. The second-order valence-electron chi connectivity index (χ2n) is 6.82. The third kappa shape index (κ3) is 0.907. The minimum atomic E-state index is 0.896. The van der Waals surface area contributed by atoms with Crippen molar-refractivity contribution in [3.63, 3.8) is 0 Å². The fraction of sp³-hybridized carbons (Fsp3) is 1.00. The van der Waals surface area contributed by atoms with Gasteiger partial charge < -0.3 is 0 Å². The third-order valence-corrected chi connectivity index (χ3v) is 6.12. The molecule has 0 aromatic carbocycles. The lowest BCUT2D eigenvalue weighted by molar-refractivity contribution is -0.129. The van der Waals surface area contributed by atoms with Crippen LogP contribution in [0.5, 0.6) is 0 Å². The summed E-state index contributed by atoms with van der Waals surface area (Å²) >= 11 is 0. The molecule has 4 bridgehead atoms. The second-order valence-corrected chi connectivity index (χ2v) is 6.82. The van der Waals surface area contributed by atoms with Gasteiger partial charge in [0.15, 0.2) is 0 Å². The van der Waals surface area contributed by atoms with E-state index in [1.54, 1.807) is 57.8 Å². The summed E-state index contributed by atoms with van der Waals surface area (Å²) < 4.78 is 0. The maximum Gasteiger partial charge on any atom is -0.0261 e. The first-order valence-corrected chi connectivity index (χ1v) is 6.86. The van der Waals surface area contributed by atoms with Crippen LogP contribution in [0, 0.1) is 29.1 Å². The van der Waals surface area contributed by atoms with Crippen molar-refractivity contribution in [2.24, 2.45) is 29.1 Å². The van der Waals surface area contributed by atoms with Gasteiger partial charge in [-0.3, -0.25) is 0 Å². The first-order chi connectivity index (χ1) is 6.86. The molecule has 0 nitrogen and oxygen atoms in total. The molecule has 1 spiro atoms. The Balaban J connectivity index is 1.75. The summed E-state index contributed by atoms with van der Waals surface area (Å²) in [5, 5.41) is 0. The lowest BCUT2D eigenvalue weighted by Crippen LogP contribution is -2.53. The lowest BCUT2D eigenvalue weighted by atomic mass is 9.42. The maximum absolute atomic E-state index is 1.64. The normalized spacial score (nSPS) is 60.0. The highest BCUT2D eigenvalue weighted by molar-refractivity contribution is 5.06. The van der Waals surface area contributed by atoms with Gasteiger partial charge in [-0.15, -0.1) is 0 Å². The molecule has 0 amide bonds. The first kappa shape index (κ1) is 8.19. The van der Waals surface area contributed by atoms with Gasteiger partial charge in [-0.25, -0.2) is 0 Å². The zero-order chi connectivity index (χ0) is 9.17. The van der Waals surface area contributed by atoms with Crippen molar-refractivity contribution in [1.29, 1.82) is 0 Å². The molecule has 5 aliphatic carbocycles. The molecular weight excluding hydrogens is 168 g/mol. The first-order valence-electron chi connectivity index (χ1n) is 6.86. The van der Waals surface area contributed by atoms with Crippen LogP contribution in [0.2, 0.25) is 0 Å². The van der Waals surface area contributed by atoms with E-state index in [-0.39, 0.29) is 0 Å². The topological polar surface area (TPSA) is 0 Å². The molecule has 0 aliphatic heterocycles. The van der Waals surface area contributed by atoms with Gasteiger partial charge in [0.05, 0.1) is 0 Å². The molecule has 0 aromatic rings. The van der Waals surface area contributed by atoms with E-state index in [2.05, 4.69) is 0 Å². The summed E-state index contributed by atoms with van der Waals surface area (Å²) in [6.07, 6.45) is 14.5. The maximum atomic E-state index is 1.64. The van der Waals surface area contributed by atoms with E-state index >= 15 is 0 Å². The van der Waals surface area contributed by atoms with Gasteiger partial charge in [0.2, 0.25) is 0 Å². The van der Waals surface area contributed by atoms with E-state index in [9.17, 15) is 0 Å². The minimum Gasteiger partial charge on any atom is -0.0530 e. The van der Waals surface area contributed by atoms with Gasteiger partial charge in [0.1, 0.15) is 0 Å². The zero-order valence-electron chi connectivity index (χ0n) is 9.17. The van der Waals surface area contributed by atoms with Gasteiger partial charge >= 0.3 is 0 Å². The molecule has 5 aliphatic rings. The van der Waals surface area contributed by atoms with Crippen molar-refractivity contribution in [2.75, 3.05) is 0 Å². The van der Waals surface area contributed by atoms with E-state index in [1.807, 2.05) is 0 Å². The summed E-state index contributed by atoms with van der Waals surface area (Å²) in [7, 11) is 0. The Bertz CT molecular complexity index is 241. The van der Waals surface area contributed by atoms with Crippen molar-refractivity contribution in [3.05, 3.63) is 0 Å². The molecule has 0 aromatic heterocycles. The molecule has 0 N–H and O–H groups in total. The smallest absolute Gasteiger partial charge is 0.0261 e. The molecule has 3 unspecified atom stereocenters. The molecule has 3 atom stereocenters. The van der Waals surface area contributed by atoms with Gasteiger partial charge in [-0.2, -0.15) is 0 Å². The summed E-state index contributed by atoms with van der Waals surface area (Å²) in [4.78, 5) is 0. The highest BCUT2D eigenvalue weighted by Gasteiger charge is 2.56. The molecule has 0 heteroatoms. The molecule has 14 heavy (non-hydrogen) atoms. The Morgan fingerprint density at radius 1 is 0.857 bits per heavy atom. The molecule has 0 heterocycles. The van der Waals surface area contributed by atoms with E-state index in [0.717, 1.165) is 5.41 Å². The zero-order valence-corrected chi connectivity index (χ0v) is 9.17. The van der Waals surface area contributed by atoms with E-state index in [4.69, 9.17) is 0 Å². The number of hydrogen-bond acceptors (Lipinski definition) is 0. The Kier molecular flexibility index (Phi) is 1.50. The van der Waals surface area contributed by atoms with Crippen LogP contribution in [-0.4, -0.2) is 0 Å². The quantitative estimate of drug-likeness (QED) is 0.541. The molecule has 0 radical (unpaired) electrons. The Morgan fingerprint density at radius 3 is 2.43 bits per heavy atom. The van der Waals surface area contributed by atoms with Crippen molar-refractivity contribution >= 4 is 0 Å². The highest BCUT2D eigenvalue weighted by atomic mass is 14.6. The number of hydrogen-bond donors (Lipinski definition) is 0. The van der Waals surface area contributed by atoms with Gasteiger partial charge in [0.25, 0.3) is 0 Å². The van der Waals surface area contributed by atoms with Crippen LogP contribution in [0.25, 0.3) is 0 Å². The molecular formula is C14H22. The SMILES string of the molecule is C1CCC23CC4CC(CC(C4)C2C1)C3. The summed E-state index contributed by atoms with van der Waals surface area (Å²) in [5.74, 6) is 4.70. The van der Waals surface area contributed by atoms with Crippen molar-refractivity contribution < 1.29 is 0 Å². The standard InChI is InChI=1S/C14H22/c1-2-4-14-8-10-5-11(9-14)7-12(6-10)13(14)3-1/h10-13H,1-9H2. The molecule has 78 valence electrons. The summed E-state index contributed by atoms with van der Waals surface area (Å²) in [6, 6.07) is 0. The van der Waals surface area contributed by atoms with Crippen LogP contribution in [0.1, 0.15) is 57.8 Å². The predicted octanol–water partition coefficient (Wildman–Crippen LogP) is 4.00. The fourth-order valence-electron chi connectivity index (χ4n) is 6.09. The number of rotatable bonds is 0. The Morgan fingerprint density at radius 2 is 1.64 bits per heavy atom. The van der Waals surface area contributed by atoms with E-state index in [1.165, 1.54) is 23.7 Å².